The highest BCUT2D eigenvalue weighted by Crippen LogP contribution is 2.33. The highest BCUT2D eigenvalue weighted by Gasteiger charge is 2.23. The Kier molecular flexibility index (Phi) is 4.49. The van der Waals surface area contributed by atoms with Crippen LogP contribution in [0.5, 0.6) is 5.75 Å². The molecule has 0 saturated carbocycles. The second kappa shape index (κ2) is 6.59. The molecule has 0 aliphatic rings. The van der Waals surface area contributed by atoms with Gasteiger partial charge in [-0.1, -0.05) is 31.5 Å². The van der Waals surface area contributed by atoms with Crippen LogP contribution in [0, 0.1) is 13.8 Å². The molecule has 3 rings (SSSR count). The van der Waals surface area contributed by atoms with Gasteiger partial charge < -0.3 is 15.4 Å². The number of hydrogen-bond acceptors (Lipinski definition) is 3. The van der Waals surface area contributed by atoms with E-state index < -0.39 is 5.91 Å². The quantitative estimate of drug-likeness (QED) is 0.740. The Morgan fingerprint density at radius 2 is 1.96 bits per heavy atom. The van der Waals surface area contributed by atoms with Gasteiger partial charge in [-0.15, -0.1) is 0 Å². The summed E-state index contributed by atoms with van der Waals surface area (Å²) in [5, 5.41) is 11.0. The van der Waals surface area contributed by atoms with E-state index in [-0.39, 0.29) is 5.75 Å². The molecule has 0 saturated heterocycles. The minimum atomic E-state index is -0.454. The monoisotopic (exact) mass is 337 g/mol. The fraction of sp³-hybridized carbons (Fsp3) is 0.300. The van der Waals surface area contributed by atoms with Crippen molar-refractivity contribution in [1.29, 1.82) is 0 Å². The summed E-state index contributed by atoms with van der Waals surface area (Å²) < 4.78 is 2.13. The van der Waals surface area contributed by atoms with Crippen LogP contribution >= 0.6 is 0 Å². The minimum absolute atomic E-state index is 0.125. The highest BCUT2D eigenvalue weighted by atomic mass is 16.3. The molecule has 2 aromatic heterocycles. The molecule has 0 spiro atoms. The van der Waals surface area contributed by atoms with Crippen LogP contribution in [-0.2, 0) is 6.54 Å². The topological polar surface area (TPSA) is 81.1 Å². The average molecular weight is 337 g/mol. The summed E-state index contributed by atoms with van der Waals surface area (Å²) in [5.41, 5.74) is 9.96. The molecule has 25 heavy (non-hydrogen) atoms. The van der Waals surface area contributed by atoms with Crippen molar-refractivity contribution in [2.45, 2.75) is 40.2 Å². The molecule has 5 heteroatoms. The molecule has 0 aliphatic heterocycles. The Morgan fingerprint density at radius 1 is 1.20 bits per heavy atom. The Bertz CT molecular complexity index is 957. The molecule has 0 fully saturated rings. The number of phenols is 1. The van der Waals surface area contributed by atoms with E-state index in [0.717, 1.165) is 41.7 Å². The van der Waals surface area contributed by atoms with E-state index in [0.29, 0.717) is 16.8 Å². The van der Waals surface area contributed by atoms with Gasteiger partial charge in [0.25, 0.3) is 5.91 Å². The number of unbranched alkanes of at least 4 members (excludes halogenated alkanes) is 1. The highest BCUT2D eigenvalue weighted by molar-refractivity contribution is 6.02. The molecule has 0 atom stereocenters. The van der Waals surface area contributed by atoms with Crippen LogP contribution in [0.25, 0.3) is 22.2 Å². The fourth-order valence-corrected chi connectivity index (χ4v) is 3.42. The standard InChI is InChI=1S/C20H23N3O2/c1-4-5-11-23-12(2)17(18(13(23)3)20(21)25)15-10-9-14-7-6-8-16(24)19(14)22-15/h6-10,24H,4-5,11H2,1-3H3,(H2,21,25). The van der Waals surface area contributed by atoms with Crippen LogP contribution in [0.1, 0.15) is 41.5 Å². The number of nitrogens with two attached hydrogens (primary N) is 1. The summed E-state index contributed by atoms with van der Waals surface area (Å²) in [6.45, 7) is 6.89. The van der Waals surface area contributed by atoms with E-state index >= 15 is 0 Å². The number of para-hydroxylation sites is 1. The number of rotatable bonds is 5. The van der Waals surface area contributed by atoms with Gasteiger partial charge in [0.05, 0.1) is 11.3 Å². The molecule has 5 nitrogen and oxygen atoms in total. The third-order valence-corrected chi connectivity index (χ3v) is 4.72. The number of amides is 1. The van der Waals surface area contributed by atoms with Crippen molar-refractivity contribution < 1.29 is 9.90 Å². The van der Waals surface area contributed by atoms with Crippen molar-refractivity contribution >= 4 is 16.8 Å². The van der Waals surface area contributed by atoms with E-state index in [1.165, 1.54) is 0 Å². The molecule has 3 N–H and O–H groups in total. The number of phenolic OH excluding ortho intramolecular Hbond substituents is 1. The van der Waals surface area contributed by atoms with Gasteiger partial charge in [-0.25, -0.2) is 4.98 Å². The number of benzene rings is 1. The molecule has 2 heterocycles. The molecule has 0 aliphatic carbocycles. The summed E-state index contributed by atoms with van der Waals surface area (Å²) >= 11 is 0. The Morgan fingerprint density at radius 3 is 2.64 bits per heavy atom. The van der Waals surface area contributed by atoms with Crippen molar-refractivity contribution in [2.75, 3.05) is 0 Å². The normalized spacial score (nSPS) is 11.2. The summed E-state index contributed by atoms with van der Waals surface area (Å²) in [4.78, 5) is 16.7. The molecular weight excluding hydrogens is 314 g/mol. The van der Waals surface area contributed by atoms with Crippen molar-refractivity contribution in [1.82, 2.24) is 9.55 Å². The van der Waals surface area contributed by atoms with Gasteiger partial charge in [0.15, 0.2) is 0 Å². The zero-order valence-corrected chi connectivity index (χ0v) is 14.8. The zero-order chi connectivity index (χ0) is 18.1. The third-order valence-electron chi connectivity index (χ3n) is 4.72. The molecular formula is C20H23N3O2. The lowest BCUT2D eigenvalue weighted by atomic mass is 10.0. The van der Waals surface area contributed by atoms with Crippen LogP contribution in [-0.4, -0.2) is 20.6 Å². The predicted octanol–water partition coefficient (Wildman–Crippen LogP) is 3.92. The first kappa shape index (κ1) is 17.0. The number of aromatic nitrogens is 2. The van der Waals surface area contributed by atoms with Gasteiger partial charge in [-0.2, -0.15) is 0 Å². The molecule has 0 bridgehead atoms. The predicted molar refractivity (Wildman–Crippen MR) is 99.7 cm³/mol. The number of carbonyl (C=O) groups excluding carboxylic acids is 1. The Labute approximate surface area is 147 Å². The first-order valence-corrected chi connectivity index (χ1v) is 8.54. The number of hydrogen-bond donors (Lipinski definition) is 2. The molecule has 130 valence electrons. The van der Waals surface area contributed by atoms with Gasteiger partial charge in [0, 0.05) is 28.9 Å². The van der Waals surface area contributed by atoms with Crippen molar-refractivity contribution in [3.05, 3.63) is 47.3 Å². The maximum Gasteiger partial charge on any atom is 0.251 e. The number of pyridine rings is 1. The number of fused-ring (bicyclic) bond motifs is 1. The van der Waals surface area contributed by atoms with Gasteiger partial charge in [0.2, 0.25) is 0 Å². The minimum Gasteiger partial charge on any atom is -0.506 e. The first-order valence-electron chi connectivity index (χ1n) is 8.54. The number of primary amides is 1. The third kappa shape index (κ3) is 2.86. The van der Waals surface area contributed by atoms with Crippen LogP contribution < -0.4 is 5.73 Å². The summed E-state index contributed by atoms with van der Waals surface area (Å²) in [6, 6.07) is 9.06. The smallest absolute Gasteiger partial charge is 0.251 e. The number of carbonyl (C=O) groups is 1. The lowest BCUT2D eigenvalue weighted by Crippen LogP contribution is -2.13. The SMILES string of the molecule is CCCCn1c(C)c(C(N)=O)c(-c2ccc3cccc(O)c3n2)c1C. The van der Waals surface area contributed by atoms with Crippen LogP contribution in [0.15, 0.2) is 30.3 Å². The average Bonchev–Trinajstić information content (AvgIpc) is 2.84. The number of nitrogens with zero attached hydrogens (tertiary/aromatic N) is 2. The van der Waals surface area contributed by atoms with E-state index in [1.54, 1.807) is 12.1 Å². The number of aromatic hydroxyl groups is 1. The first-order chi connectivity index (χ1) is 12.0. The van der Waals surface area contributed by atoms with Gasteiger partial charge in [-0.3, -0.25) is 4.79 Å². The van der Waals surface area contributed by atoms with Crippen molar-refractivity contribution in [3.63, 3.8) is 0 Å². The summed E-state index contributed by atoms with van der Waals surface area (Å²) in [6.07, 6.45) is 2.10. The largest absolute Gasteiger partial charge is 0.506 e. The molecule has 1 aromatic carbocycles. The Balaban J connectivity index is 2.25. The van der Waals surface area contributed by atoms with Gasteiger partial charge >= 0.3 is 0 Å². The molecule has 0 unspecified atom stereocenters. The van der Waals surface area contributed by atoms with Crippen LogP contribution in [0.2, 0.25) is 0 Å². The van der Waals surface area contributed by atoms with E-state index in [9.17, 15) is 9.90 Å². The van der Waals surface area contributed by atoms with Crippen molar-refractivity contribution in [2.24, 2.45) is 5.73 Å². The second-order valence-electron chi connectivity index (χ2n) is 6.34. The van der Waals surface area contributed by atoms with E-state index in [4.69, 9.17) is 5.73 Å². The van der Waals surface area contributed by atoms with Gasteiger partial charge in [-0.05, 0) is 32.4 Å². The van der Waals surface area contributed by atoms with Gasteiger partial charge in [0.1, 0.15) is 11.3 Å². The Hall–Kier alpha value is -2.82. The molecule has 0 radical (unpaired) electrons. The zero-order valence-electron chi connectivity index (χ0n) is 14.8. The maximum absolute atomic E-state index is 12.1. The summed E-state index contributed by atoms with van der Waals surface area (Å²) in [7, 11) is 0. The van der Waals surface area contributed by atoms with Crippen LogP contribution in [0.3, 0.4) is 0 Å². The van der Waals surface area contributed by atoms with E-state index in [2.05, 4.69) is 16.5 Å². The van der Waals surface area contributed by atoms with Crippen molar-refractivity contribution in [3.8, 4) is 17.0 Å². The lowest BCUT2D eigenvalue weighted by molar-refractivity contribution is 0.1000. The lowest BCUT2D eigenvalue weighted by Gasteiger charge is -2.09. The second-order valence-corrected chi connectivity index (χ2v) is 6.34. The fourth-order valence-electron chi connectivity index (χ4n) is 3.42. The van der Waals surface area contributed by atoms with E-state index in [1.807, 2.05) is 32.0 Å². The maximum atomic E-state index is 12.1. The van der Waals surface area contributed by atoms with Crippen LogP contribution in [0.4, 0.5) is 0 Å². The molecule has 1 amide bonds. The summed E-state index contributed by atoms with van der Waals surface area (Å²) in [5.74, 6) is -0.329. The molecule has 3 aromatic rings.